The zero-order valence-corrected chi connectivity index (χ0v) is 17.2. The van der Waals surface area contributed by atoms with Crippen LogP contribution in [0.15, 0.2) is 48.5 Å². The predicted molar refractivity (Wildman–Crippen MR) is 109 cm³/mol. The maximum atomic E-state index is 11.7. The van der Waals surface area contributed by atoms with Gasteiger partial charge in [-0.2, -0.15) is 4.89 Å². The third-order valence-electron chi connectivity index (χ3n) is 4.12. The summed E-state index contributed by atoms with van der Waals surface area (Å²) < 4.78 is 21.9. The molecule has 0 aliphatic rings. The van der Waals surface area contributed by atoms with Crippen LogP contribution in [0.25, 0.3) is 0 Å². The van der Waals surface area contributed by atoms with Crippen molar-refractivity contribution in [3.8, 4) is 5.75 Å². The summed E-state index contributed by atoms with van der Waals surface area (Å²) in [5.41, 5.74) is 2.01. The van der Waals surface area contributed by atoms with Gasteiger partial charge in [0.1, 0.15) is 12.4 Å². The summed E-state index contributed by atoms with van der Waals surface area (Å²) in [6.45, 7) is 4.81. The van der Waals surface area contributed by atoms with E-state index in [-0.39, 0.29) is 12.1 Å². The summed E-state index contributed by atoms with van der Waals surface area (Å²) in [4.78, 5) is 20.7. The molecule has 0 heterocycles. The second-order valence-corrected chi connectivity index (χ2v) is 7.67. The Hall–Kier alpha value is -2.43. The molecule has 0 saturated heterocycles. The number of carbonyl (C=O) groups excluding carboxylic acids is 1. The van der Waals surface area contributed by atoms with Crippen LogP contribution in [0.5, 0.6) is 5.75 Å². The van der Waals surface area contributed by atoms with E-state index in [1.54, 1.807) is 24.3 Å². The van der Waals surface area contributed by atoms with Gasteiger partial charge in [-0.1, -0.05) is 37.6 Å². The average molecular weight is 404 g/mol. The number of nitrogens with one attached hydrogen (secondary N) is 1. The van der Waals surface area contributed by atoms with Gasteiger partial charge >= 0.3 is 14.1 Å². The fourth-order valence-electron chi connectivity index (χ4n) is 2.56. The predicted octanol–water partition coefficient (Wildman–Crippen LogP) is 4.08. The molecule has 2 atom stereocenters. The van der Waals surface area contributed by atoms with Gasteiger partial charge in [-0.15, -0.1) is 0 Å². The van der Waals surface area contributed by atoms with E-state index in [2.05, 4.69) is 5.32 Å². The summed E-state index contributed by atoms with van der Waals surface area (Å²) in [6, 6.07) is 14.5. The number of hydrogen-bond acceptors (Lipinski definition) is 4. The summed E-state index contributed by atoms with van der Waals surface area (Å²) >= 11 is 0. The van der Waals surface area contributed by atoms with Crippen LogP contribution in [0, 0.1) is 0 Å². The van der Waals surface area contributed by atoms with Crippen molar-refractivity contribution < 1.29 is 23.7 Å². The van der Waals surface area contributed by atoms with Gasteiger partial charge in [0.2, 0.25) is 5.30 Å². The highest BCUT2D eigenvalue weighted by Gasteiger charge is 2.14. The quantitative estimate of drug-likeness (QED) is 0.460. The Morgan fingerprint density at radius 1 is 1.11 bits per heavy atom. The first kappa shape index (κ1) is 21.9. The van der Waals surface area contributed by atoms with Gasteiger partial charge in [-0.05, 0) is 59.7 Å². The van der Waals surface area contributed by atoms with Crippen LogP contribution in [0.4, 0.5) is 4.79 Å². The fraction of sp³-hybridized carbons (Fsp3) is 0.381. The molecule has 2 unspecified atom stereocenters. The van der Waals surface area contributed by atoms with Crippen LogP contribution in [0.3, 0.4) is 0 Å². The second-order valence-electron chi connectivity index (χ2n) is 6.61. The van der Waals surface area contributed by atoms with E-state index in [1.165, 1.54) is 0 Å². The normalized spacial score (nSPS) is 12.2. The van der Waals surface area contributed by atoms with Crippen molar-refractivity contribution in [3.63, 3.8) is 0 Å². The lowest BCUT2D eigenvalue weighted by Crippen LogP contribution is -2.34. The van der Waals surface area contributed by atoms with E-state index in [4.69, 9.17) is 14.4 Å². The standard InChI is InChI=1S/C21H26NO5P/c1-3-4-13-26-21(23)22-16(2)14-17-5-9-19(10-6-17)27-15-18-7-11-20(12-8-18)28(24)25/h5-12,16H,3-4,13-15H2,1-2H3,(H-,22,23,24,25)/p+1. The SMILES string of the molecule is CCCCOC(=O)NC(C)Cc1ccc(OCc2ccc([P+](=O)O)cc2)cc1. The number of benzene rings is 2. The van der Waals surface area contributed by atoms with Gasteiger partial charge < -0.3 is 14.8 Å². The highest BCUT2D eigenvalue weighted by Crippen LogP contribution is 2.17. The van der Waals surface area contributed by atoms with Gasteiger partial charge in [-0.3, -0.25) is 0 Å². The van der Waals surface area contributed by atoms with E-state index < -0.39 is 8.03 Å². The monoisotopic (exact) mass is 404 g/mol. The molecule has 0 fully saturated rings. The maximum absolute atomic E-state index is 11.7. The molecule has 2 N–H and O–H groups in total. The fourth-order valence-corrected chi connectivity index (χ4v) is 2.97. The minimum Gasteiger partial charge on any atom is -0.489 e. The lowest BCUT2D eigenvalue weighted by atomic mass is 10.1. The summed E-state index contributed by atoms with van der Waals surface area (Å²) in [5.74, 6) is 0.737. The summed E-state index contributed by atoms with van der Waals surface area (Å²) in [7, 11) is -2.31. The molecule has 1 amide bonds. The Balaban J connectivity index is 1.77. The number of unbranched alkanes of at least 4 members (excludes halogenated alkanes) is 1. The third kappa shape index (κ3) is 7.67. The number of hydrogen-bond donors (Lipinski definition) is 2. The zero-order valence-electron chi connectivity index (χ0n) is 16.3. The van der Waals surface area contributed by atoms with E-state index in [0.29, 0.717) is 24.9 Å². The molecule has 7 heteroatoms. The first-order chi connectivity index (χ1) is 13.5. The van der Waals surface area contributed by atoms with E-state index >= 15 is 0 Å². The Morgan fingerprint density at radius 3 is 2.36 bits per heavy atom. The lowest BCUT2D eigenvalue weighted by Gasteiger charge is -2.14. The number of carbonyl (C=O) groups is 1. The molecule has 0 aliphatic carbocycles. The van der Waals surface area contributed by atoms with Gasteiger partial charge in [-0.25, -0.2) is 4.79 Å². The summed E-state index contributed by atoms with van der Waals surface area (Å²) in [6.07, 6.45) is 2.18. The van der Waals surface area contributed by atoms with E-state index in [1.807, 2.05) is 38.1 Å². The second kappa shape index (κ2) is 11.4. The highest BCUT2D eigenvalue weighted by atomic mass is 31.1. The molecular formula is C21H27NO5P+. The first-order valence-electron chi connectivity index (χ1n) is 9.38. The molecule has 2 aromatic carbocycles. The number of alkyl carbamates (subject to hydrolysis) is 1. The van der Waals surface area contributed by atoms with Crippen LogP contribution < -0.4 is 15.4 Å². The topological polar surface area (TPSA) is 84.9 Å². The summed E-state index contributed by atoms with van der Waals surface area (Å²) in [5, 5.41) is 3.23. The molecule has 0 radical (unpaired) electrons. The highest BCUT2D eigenvalue weighted by molar-refractivity contribution is 7.47. The van der Waals surface area contributed by atoms with Crippen molar-refractivity contribution in [2.45, 2.75) is 45.8 Å². The van der Waals surface area contributed by atoms with E-state index in [9.17, 15) is 9.36 Å². The molecule has 0 bridgehead atoms. The van der Waals surface area contributed by atoms with Gasteiger partial charge in [0, 0.05) is 6.04 Å². The van der Waals surface area contributed by atoms with Gasteiger partial charge in [0.25, 0.3) is 0 Å². The van der Waals surface area contributed by atoms with Crippen molar-refractivity contribution in [2.75, 3.05) is 6.61 Å². The molecule has 28 heavy (non-hydrogen) atoms. The Morgan fingerprint density at radius 2 is 1.75 bits per heavy atom. The lowest BCUT2D eigenvalue weighted by molar-refractivity contribution is 0.141. The van der Waals surface area contributed by atoms with Crippen LogP contribution in [-0.4, -0.2) is 23.6 Å². The number of ether oxygens (including phenoxy) is 2. The molecule has 0 spiro atoms. The first-order valence-corrected chi connectivity index (χ1v) is 10.6. The third-order valence-corrected chi connectivity index (χ3v) is 4.86. The molecular weight excluding hydrogens is 377 g/mol. The number of rotatable bonds is 10. The zero-order chi connectivity index (χ0) is 20.4. The van der Waals surface area contributed by atoms with Crippen molar-refractivity contribution >= 4 is 19.4 Å². The molecule has 2 aromatic rings. The minimum absolute atomic E-state index is 0.0302. The van der Waals surface area contributed by atoms with Crippen LogP contribution in [0.1, 0.15) is 37.8 Å². The molecule has 6 nitrogen and oxygen atoms in total. The van der Waals surface area contributed by atoms with Crippen LogP contribution in [-0.2, 0) is 22.3 Å². The van der Waals surface area contributed by atoms with Crippen molar-refractivity contribution in [1.82, 2.24) is 5.32 Å². The maximum Gasteiger partial charge on any atom is 0.546 e. The smallest absolute Gasteiger partial charge is 0.489 e. The van der Waals surface area contributed by atoms with E-state index in [0.717, 1.165) is 29.7 Å². The Kier molecular flexibility index (Phi) is 8.92. The minimum atomic E-state index is -2.31. The molecule has 150 valence electrons. The number of amides is 1. The Labute approximate surface area is 166 Å². The molecule has 0 aromatic heterocycles. The van der Waals surface area contributed by atoms with Crippen LogP contribution >= 0.6 is 8.03 Å². The molecule has 2 rings (SSSR count). The van der Waals surface area contributed by atoms with Gasteiger partial charge in [0.05, 0.1) is 6.61 Å². The van der Waals surface area contributed by atoms with Crippen molar-refractivity contribution in [3.05, 3.63) is 59.7 Å². The average Bonchev–Trinajstić information content (AvgIpc) is 2.68. The molecule has 0 saturated carbocycles. The van der Waals surface area contributed by atoms with Crippen LogP contribution in [0.2, 0.25) is 0 Å². The Bertz CT molecular complexity index is 761. The van der Waals surface area contributed by atoms with Crippen molar-refractivity contribution in [1.29, 1.82) is 0 Å². The van der Waals surface area contributed by atoms with Crippen molar-refractivity contribution in [2.24, 2.45) is 0 Å². The van der Waals surface area contributed by atoms with Gasteiger partial charge in [0.15, 0.2) is 0 Å². The molecule has 0 aliphatic heterocycles. The largest absolute Gasteiger partial charge is 0.546 e.